The highest BCUT2D eigenvalue weighted by Gasteiger charge is 2.24. The summed E-state index contributed by atoms with van der Waals surface area (Å²) in [5.74, 6) is -0.359. The molecule has 4 N–H and O–H groups in total. The molecule has 3 amide bonds. The molecule has 0 spiro atoms. The van der Waals surface area contributed by atoms with Gasteiger partial charge in [-0.05, 0) is 54.3 Å². The van der Waals surface area contributed by atoms with Crippen LogP contribution in [0, 0.1) is 0 Å². The van der Waals surface area contributed by atoms with Gasteiger partial charge in [-0.2, -0.15) is 0 Å². The summed E-state index contributed by atoms with van der Waals surface area (Å²) in [4.78, 5) is 28.4. The molecule has 1 atom stereocenters. The van der Waals surface area contributed by atoms with Gasteiger partial charge in [0.15, 0.2) is 0 Å². The first-order valence-corrected chi connectivity index (χ1v) is 11.7. The number of amides is 3. The Morgan fingerprint density at radius 2 is 1.76 bits per heavy atom. The number of benzene rings is 3. The number of anilines is 1. The van der Waals surface area contributed by atoms with Gasteiger partial charge in [-0.25, -0.2) is 4.79 Å². The van der Waals surface area contributed by atoms with Crippen LogP contribution in [-0.4, -0.2) is 29.5 Å². The Labute approximate surface area is 202 Å². The summed E-state index contributed by atoms with van der Waals surface area (Å²) in [6, 6.07) is 22.7. The van der Waals surface area contributed by atoms with Gasteiger partial charge in [0.05, 0.1) is 0 Å². The average Bonchev–Trinajstić information content (AvgIpc) is 3.56. The molecular weight excluding hydrogens is 448 g/mol. The van der Waals surface area contributed by atoms with Gasteiger partial charge in [0.25, 0.3) is 5.91 Å². The average molecular weight is 473 g/mol. The number of aromatic nitrogens is 1. The van der Waals surface area contributed by atoms with E-state index in [0.717, 1.165) is 34.9 Å². The SMILES string of the molecule is O=C(Nc1cccc(C(=O)NCC(c2ccccc2Cl)c2c[nH]c3ccccc23)c1)NC1CC1. The monoisotopic (exact) mass is 472 g/mol. The van der Waals surface area contributed by atoms with Crippen molar-refractivity contribution in [2.24, 2.45) is 0 Å². The zero-order chi connectivity index (χ0) is 23.5. The number of para-hydroxylation sites is 1. The number of hydrogen-bond donors (Lipinski definition) is 4. The highest BCUT2D eigenvalue weighted by atomic mass is 35.5. The van der Waals surface area contributed by atoms with Crippen LogP contribution in [0.25, 0.3) is 10.9 Å². The van der Waals surface area contributed by atoms with Gasteiger partial charge < -0.3 is 20.9 Å². The third-order valence-electron chi connectivity index (χ3n) is 6.04. The number of nitrogens with one attached hydrogen (secondary N) is 4. The molecule has 1 heterocycles. The summed E-state index contributed by atoms with van der Waals surface area (Å²) in [5, 5.41) is 10.5. The number of fused-ring (bicyclic) bond motifs is 1. The van der Waals surface area contributed by atoms with Gasteiger partial charge in [0, 0.05) is 51.9 Å². The normalized spacial score (nSPS) is 13.9. The van der Waals surface area contributed by atoms with E-state index < -0.39 is 0 Å². The van der Waals surface area contributed by atoms with Crippen molar-refractivity contribution in [3.63, 3.8) is 0 Å². The third-order valence-corrected chi connectivity index (χ3v) is 6.38. The molecule has 0 bridgehead atoms. The van der Waals surface area contributed by atoms with Crippen molar-refractivity contribution in [1.29, 1.82) is 0 Å². The van der Waals surface area contributed by atoms with Crippen LogP contribution >= 0.6 is 11.6 Å². The fourth-order valence-corrected chi connectivity index (χ4v) is 4.41. The molecule has 1 unspecified atom stereocenters. The predicted molar refractivity (Wildman–Crippen MR) is 136 cm³/mol. The lowest BCUT2D eigenvalue weighted by Crippen LogP contribution is -2.31. The molecule has 0 aliphatic heterocycles. The molecule has 3 aromatic carbocycles. The fourth-order valence-electron chi connectivity index (χ4n) is 4.14. The lowest BCUT2D eigenvalue weighted by Gasteiger charge is -2.19. The second kappa shape index (κ2) is 9.61. The van der Waals surface area contributed by atoms with E-state index in [1.54, 1.807) is 24.3 Å². The standard InChI is InChI=1S/C27H25ClN4O2/c28-24-10-3-1-8-20(24)22(23-15-29-25-11-4-2-9-21(23)25)16-30-26(33)17-6-5-7-19(14-17)32-27(34)31-18-12-13-18/h1-11,14-15,18,22,29H,12-13,16H2,(H,30,33)(H2,31,32,34). The Bertz CT molecular complexity index is 1350. The minimum atomic E-state index is -0.252. The summed E-state index contributed by atoms with van der Waals surface area (Å²) in [6.07, 6.45) is 4.01. The number of urea groups is 1. The molecule has 1 aromatic heterocycles. The van der Waals surface area contributed by atoms with Gasteiger partial charge in [-0.3, -0.25) is 4.79 Å². The molecule has 0 saturated heterocycles. The maximum Gasteiger partial charge on any atom is 0.319 e. The molecular formula is C27H25ClN4O2. The van der Waals surface area contributed by atoms with Gasteiger partial charge >= 0.3 is 6.03 Å². The molecule has 6 nitrogen and oxygen atoms in total. The van der Waals surface area contributed by atoms with E-state index >= 15 is 0 Å². The topological polar surface area (TPSA) is 86.0 Å². The summed E-state index contributed by atoms with van der Waals surface area (Å²) >= 11 is 6.56. The molecule has 172 valence electrons. The van der Waals surface area contributed by atoms with Crippen LogP contribution in [0.2, 0.25) is 5.02 Å². The van der Waals surface area contributed by atoms with Crippen LogP contribution in [0.15, 0.2) is 79.0 Å². The van der Waals surface area contributed by atoms with E-state index in [9.17, 15) is 9.59 Å². The van der Waals surface area contributed by atoms with Crippen molar-refractivity contribution in [2.45, 2.75) is 24.8 Å². The summed E-state index contributed by atoms with van der Waals surface area (Å²) in [5.41, 5.74) is 4.09. The van der Waals surface area contributed by atoms with Gasteiger partial charge in [0.1, 0.15) is 0 Å². The molecule has 0 radical (unpaired) electrons. The van der Waals surface area contributed by atoms with E-state index in [1.165, 1.54) is 0 Å². The van der Waals surface area contributed by atoms with E-state index in [1.807, 2.05) is 48.7 Å². The highest BCUT2D eigenvalue weighted by Crippen LogP contribution is 2.34. The highest BCUT2D eigenvalue weighted by molar-refractivity contribution is 6.31. The van der Waals surface area contributed by atoms with Crippen LogP contribution in [0.4, 0.5) is 10.5 Å². The first-order chi connectivity index (χ1) is 16.6. The molecule has 5 rings (SSSR count). The molecule has 4 aromatic rings. The maximum atomic E-state index is 13.0. The molecule has 1 aliphatic carbocycles. The number of H-pyrrole nitrogens is 1. The Hall–Kier alpha value is -3.77. The van der Waals surface area contributed by atoms with Gasteiger partial charge in [-0.15, -0.1) is 0 Å². The van der Waals surface area contributed by atoms with E-state index in [4.69, 9.17) is 11.6 Å². The number of carbonyl (C=O) groups is 2. The number of hydrogen-bond acceptors (Lipinski definition) is 2. The Balaban J connectivity index is 1.35. The smallest absolute Gasteiger partial charge is 0.319 e. The minimum Gasteiger partial charge on any atom is -0.361 e. The Morgan fingerprint density at radius 3 is 2.59 bits per heavy atom. The number of rotatable bonds is 7. The zero-order valence-corrected chi connectivity index (χ0v) is 19.2. The predicted octanol–water partition coefficient (Wildman–Crippen LogP) is 5.67. The molecule has 7 heteroatoms. The van der Waals surface area contributed by atoms with Crippen LogP contribution in [0.5, 0.6) is 0 Å². The Kier molecular flexibility index (Phi) is 6.23. The second-order valence-electron chi connectivity index (χ2n) is 8.53. The maximum absolute atomic E-state index is 13.0. The first kappa shape index (κ1) is 22.0. The fraction of sp³-hybridized carbons (Fsp3) is 0.185. The van der Waals surface area contributed by atoms with Gasteiger partial charge in [-0.1, -0.05) is 54.1 Å². The molecule has 1 fully saturated rings. The number of carbonyl (C=O) groups excluding carboxylic acids is 2. The zero-order valence-electron chi connectivity index (χ0n) is 18.5. The quantitative estimate of drug-likeness (QED) is 0.279. The van der Waals surface area contributed by atoms with Crippen molar-refractivity contribution in [3.05, 3.63) is 101 Å². The second-order valence-corrected chi connectivity index (χ2v) is 8.93. The van der Waals surface area contributed by atoms with Crippen molar-refractivity contribution >= 4 is 40.1 Å². The molecule has 34 heavy (non-hydrogen) atoms. The number of halogens is 1. The van der Waals surface area contributed by atoms with E-state index in [0.29, 0.717) is 22.8 Å². The first-order valence-electron chi connectivity index (χ1n) is 11.3. The largest absolute Gasteiger partial charge is 0.361 e. The summed E-state index contributed by atoms with van der Waals surface area (Å²) in [6.45, 7) is 0.365. The van der Waals surface area contributed by atoms with Crippen LogP contribution in [0.1, 0.15) is 40.2 Å². The third kappa shape index (κ3) is 4.92. The van der Waals surface area contributed by atoms with E-state index in [2.05, 4.69) is 27.0 Å². The van der Waals surface area contributed by atoms with Crippen molar-refractivity contribution in [1.82, 2.24) is 15.6 Å². The van der Waals surface area contributed by atoms with Crippen molar-refractivity contribution in [2.75, 3.05) is 11.9 Å². The minimum absolute atomic E-state index is 0.139. The van der Waals surface area contributed by atoms with Crippen molar-refractivity contribution < 1.29 is 9.59 Å². The lowest BCUT2D eigenvalue weighted by atomic mass is 9.90. The van der Waals surface area contributed by atoms with Crippen LogP contribution in [-0.2, 0) is 0 Å². The van der Waals surface area contributed by atoms with Crippen LogP contribution < -0.4 is 16.0 Å². The molecule has 1 aliphatic rings. The van der Waals surface area contributed by atoms with Crippen LogP contribution in [0.3, 0.4) is 0 Å². The van der Waals surface area contributed by atoms with E-state index in [-0.39, 0.29) is 23.9 Å². The Morgan fingerprint density at radius 1 is 0.971 bits per heavy atom. The van der Waals surface area contributed by atoms with Gasteiger partial charge in [0.2, 0.25) is 0 Å². The summed E-state index contributed by atoms with van der Waals surface area (Å²) < 4.78 is 0. The summed E-state index contributed by atoms with van der Waals surface area (Å²) in [7, 11) is 0. The number of aromatic amines is 1. The lowest BCUT2D eigenvalue weighted by molar-refractivity contribution is 0.0952. The molecule has 1 saturated carbocycles. The van der Waals surface area contributed by atoms with Crippen molar-refractivity contribution in [3.8, 4) is 0 Å².